The zero-order valence-corrected chi connectivity index (χ0v) is 24.2. The van der Waals surface area contributed by atoms with Gasteiger partial charge in [0.1, 0.15) is 0 Å². The molecule has 0 aromatic heterocycles. The van der Waals surface area contributed by atoms with Gasteiger partial charge in [-0.05, 0) is 0 Å². The molecule has 175 valence electrons. The van der Waals surface area contributed by atoms with Crippen molar-refractivity contribution in [2.24, 2.45) is 0 Å². The molecule has 0 amide bonds. The van der Waals surface area contributed by atoms with Gasteiger partial charge < -0.3 is 24.8 Å². The van der Waals surface area contributed by atoms with E-state index >= 15 is 0 Å². The van der Waals surface area contributed by atoms with Crippen molar-refractivity contribution >= 4 is 14.4 Å². The Morgan fingerprint density at radius 3 is 1.72 bits per heavy atom. The maximum Gasteiger partial charge on any atom is -1.00 e. The first-order chi connectivity index (χ1) is 16.6. The third kappa shape index (κ3) is 4.43. The van der Waals surface area contributed by atoms with Crippen LogP contribution in [-0.4, -0.2) is 0 Å². The number of halogens is 2. The summed E-state index contributed by atoms with van der Waals surface area (Å²) < 4.78 is 1.47. The molecule has 0 N–H and O–H groups in total. The Morgan fingerprint density at radius 2 is 1.17 bits per heavy atom. The second kappa shape index (κ2) is 10.9. The van der Waals surface area contributed by atoms with E-state index in [0.717, 1.165) is 6.42 Å². The summed E-state index contributed by atoms with van der Waals surface area (Å²) in [5.74, 6) is 0. The largest absolute Gasteiger partial charge is 1.00 e. The first kappa shape index (κ1) is 26.6. The average molecular weight is 584 g/mol. The van der Waals surface area contributed by atoms with Crippen molar-refractivity contribution < 1.29 is 49.5 Å². The van der Waals surface area contributed by atoms with Gasteiger partial charge in [0.15, 0.2) is 0 Å². The Morgan fingerprint density at radius 1 is 0.611 bits per heavy atom. The zero-order chi connectivity index (χ0) is 23.2. The van der Waals surface area contributed by atoms with Crippen LogP contribution in [0.1, 0.15) is 42.5 Å². The monoisotopic (exact) mass is 581 g/mol. The van der Waals surface area contributed by atoms with E-state index in [4.69, 9.17) is 0 Å². The van der Waals surface area contributed by atoms with E-state index in [1.807, 2.05) is 0 Å². The maximum absolute atomic E-state index is 2.42. The van der Waals surface area contributed by atoms with E-state index in [9.17, 15) is 0 Å². The second-order valence-electron chi connectivity index (χ2n) is 9.25. The van der Waals surface area contributed by atoms with E-state index < -0.39 is 0 Å². The molecule has 4 aromatic carbocycles. The van der Waals surface area contributed by atoms with E-state index in [1.54, 1.807) is 0 Å². The summed E-state index contributed by atoms with van der Waals surface area (Å²) in [6, 6.07) is 35.4. The van der Waals surface area contributed by atoms with Gasteiger partial charge in [-0.3, -0.25) is 0 Å². The molecule has 0 nitrogen and oxygen atoms in total. The zero-order valence-electron chi connectivity index (χ0n) is 20.3. The van der Waals surface area contributed by atoms with E-state index in [2.05, 4.69) is 117 Å². The van der Waals surface area contributed by atoms with Crippen LogP contribution in [0.3, 0.4) is 0 Å². The van der Waals surface area contributed by atoms with Gasteiger partial charge in [-0.2, -0.15) is 0 Å². The normalized spacial score (nSPS) is 13.4. The molecule has 0 fully saturated rings. The number of allylic oxidation sites excluding steroid dienone is 4. The summed E-state index contributed by atoms with van der Waals surface area (Å²) in [5, 5.41) is 5.48. The van der Waals surface area contributed by atoms with Gasteiger partial charge >= 0.3 is 217 Å². The standard InChI is InChI=1S/C33H25.2ClH.Zr/c1-22-19-27(20-23(22)2)33-30(18-17-29-28-16-10-9-15-26(28)21-31(29)33)32(24-11-5-3-6-12-24)25-13-7-4-8-14-25;;;/h3-19H,20H2,1-2H3;2*1H;/q;;;+2/p-2. The molecule has 3 heteroatoms. The van der Waals surface area contributed by atoms with E-state index in [-0.39, 0.29) is 24.8 Å². The van der Waals surface area contributed by atoms with Crippen molar-refractivity contribution in [2.75, 3.05) is 0 Å². The fourth-order valence-electron chi connectivity index (χ4n) is 5.41. The number of hydrogen-bond acceptors (Lipinski definition) is 0. The molecule has 0 spiro atoms. The molecule has 0 aliphatic heterocycles. The molecule has 4 aromatic rings. The molecule has 36 heavy (non-hydrogen) atoms. The average Bonchev–Trinajstić information content (AvgIpc) is 3.36. The third-order valence-electron chi connectivity index (χ3n) is 7.18. The summed E-state index contributed by atoms with van der Waals surface area (Å²) >= 11 is 1.47. The Kier molecular flexibility index (Phi) is 8.06. The van der Waals surface area contributed by atoms with Gasteiger partial charge in [-0.25, -0.2) is 0 Å². The van der Waals surface area contributed by atoms with Crippen LogP contribution in [0, 0.1) is 10.4 Å². The Hall–Kier alpha value is -2.44. The van der Waals surface area contributed by atoms with Crippen molar-refractivity contribution in [1.82, 2.24) is 0 Å². The number of benzene rings is 4. The van der Waals surface area contributed by atoms with Crippen molar-refractivity contribution in [3.8, 4) is 0 Å². The number of fused-ring (bicyclic) bond motifs is 2. The van der Waals surface area contributed by atoms with Crippen LogP contribution < -0.4 is 35.3 Å². The minimum absolute atomic E-state index is 0. The fraction of sp³-hybridized carbons (Fsp3) is 0.0909. The topological polar surface area (TPSA) is 0 Å². The van der Waals surface area contributed by atoms with Gasteiger partial charge in [-0.1, -0.05) is 0 Å². The molecule has 0 radical (unpaired) electrons. The summed E-state index contributed by atoms with van der Waals surface area (Å²) in [6.45, 7) is 4.53. The predicted octanol–water partition coefficient (Wildman–Crippen LogP) is 0.369. The molecule has 0 bridgehead atoms. The fourth-order valence-corrected chi connectivity index (χ4v) is 6.58. The predicted molar refractivity (Wildman–Crippen MR) is 138 cm³/mol. The minimum atomic E-state index is 0. The molecule has 2 aliphatic rings. The van der Waals surface area contributed by atoms with Crippen LogP contribution >= 0.6 is 0 Å². The summed E-state index contributed by atoms with van der Waals surface area (Å²) in [5.41, 5.74) is 11.0. The van der Waals surface area contributed by atoms with Crippen molar-refractivity contribution in [2.45, 2.75) is 20.3 Å². The molecular weight excluding hydrogens is 558 g/mol. The molecule has 0 unspecified atom stereocenters. The molecule has 0 saturated carbocycles. The van der Waals surface area contributed by atoms with Gasteiger partial charge in [0.05, 0.1) is 0 Å². The summed E-state index contributed by atoms with van der Waals surface area (Å²) in [4.78, 5) is 0. The Balaban J connectivity index is 0.00000152. The first-order valence-corrected chi connectivity index (χ1v) is 13.1. The van der Waals surface area contributed by atoms with Gasteiger partial charge in [-0.15, -0.1) is 0 Å². The van der Waals surface area contributed by atoms with Crippen LogP contribution in [0.4, 0.5) is 0 Å². The first-order valence-electron chi connectivity index (χ1n) is 11.8. The molecule has 2 aliphatic carbocycles. The maximum atomic E-state index is 2.42. The van der Waals surface area contributed by atoms with Gasteiger partial charge in [0.2, 0.25) is 0 Å². The number of rotatable bonds is 3. The third-order valence-corrected chi connectivity index (χ3v) is 8.45. The smallest absolute Gasteiger partial charge is 1.00 e. The number of hydrogen-bond donors (Lipinski definition) is 0. The quantitative estimate of drug-likeness (QED) is 0.327. The van der Waals surface area contributed by atoms with Crippen LogP contribution in [0.25, 0.3) is 14.4 Å². The minimum Gasteiger partial charge on any atom is -1.00 e. The molecule has 0 atom stereocenters. The van der Waals surface area contributed by atoms with Crippen molar-refractivity contribution in [3.63, 3.8) is 0 Å². The molecule has 6 rings (SSSR count). The van der Waals surface area contributed by atoms with E-state index in [0.29, 0.717) is 0 Å². The van der Waals surface area contributed by atoms with Crippen LogP contribution in [0.5, 0.6) is 0 Å². The van der Waals surface area contributed by atoms with Crippen LogP contribution in [-0.2, 0) is 24.7 Å². The SMILES string of the molecule is CC1=C(C)CC(c2c3c(ccc2=C(c2ccccc2)c2ccccc2)=c2ccccc2=[C]3[Zr+2])=C1.[Cl-].[Cl-]. The van der Waals surface area contributed by atoms with Crippen molar-refractivity contribution in [1.29, 1.82) is 0 Å². The summed E-state index contributed by atoms with van der Waals surface area (Å²) in [6.07, 6.45) is 3.44. The summed E-state index contributed by atoms with van der Waals surface area (Å²) in [7, 11) is 0. The second-order valence-corrected chi connectivity index (χ2v) is 10.5. The van der Waals surface area contributed by atoms with Crippen LogP contribution in [0.15, 0.2) is 114 Å². The van der Waals surface area contributed by atoms with Crippen LogP contribution in [0.2, 0.25) is 0 Å². The molecular formula is C33H25Cl2Zr. The van der Waals surface area contributed by atoms with Gasteiger partial charge in [0, 0.05) is 0 Å². The van der Waals surface area contributed by atoms with Crippen molar-refractivity contribution in [3.05, 3.63) is 157 Å². The Labute approximate surface area is 240 Å². The molecule has 0 heterocycles. The van der Waals surface area contributed by atoms with Gasteiger partial charge in [0.25, 0.3) is 0 Å². The van der Waals surface area contributed by atoms with E-state index in [1.165, 1.54) is 93.4 Å². The Bertz CT molecular complexity index is 1690. The molecule has 0 saturated heterocycles.